The van der Waals surface area contributed by atoms with Gasteiger partial charge in [0, 0.05) is 16.4 Å². The number of benzene rings is 1. The molecule has 25 heavy (non-hydrogen) atoms. The molecule has 11 heteroatoms. The number of aromatic nitrogens is 4. The van der Waals surface area contributed by atoms with Crippen LogP contribution in [0.1, 0.15) is 6.04 Å². The first-order valence-corrected chi connectivity index (χ1v) is 10.3. The van der Waals surface area contributed by atoms with Gasteiger partial charge in [-0.15, -0.1) is 22.0 Å². The highest BCUT2D eigenvalue weighted by atomic mass is 35.7. The van der Waals surface area contributed by atoms with Gasteiger partial charge < -0.3 is 4.98 Å². The molecule has 1 aliphatic rings. The fourth-order valence-electron chi connectivity index (χ4n) is 2.34. The van der Waals surface area contributed by atoms with E-state index in [9.17, 15) is 0 Å². The summed E-state index contributed by atoms with van der Waals surface area (Å²) in [6.07, 6.45) is 3.64. The lowest BCUT2D eigenvalue weighted by atomic mass is 10.4. The number of rotatable bonds is 3. The number of nitrogens with zero attached hydrogens (tertiary/aromatic N) is 3. The van der Waals surface area contributed by atoms with Crippen molar-refractivity contribution in [3.63, 3.8) is 0 Å². The standard InChI is InChI=1S/C14H12N4S2.ClHO4/c1-2-4-11(5-3-1)19-6-10-7-20-14-12-13(16-8-15-12)17-9-18(10)14;2-1(3,4)5/h1-5,8-10H,6-7H2;(H,2,3,4,5). The Hall–Kier alpha value is -1.40. The molecule has 1 aromatic carbocycles. The zero-order valence-corrected chi connectivity index (χ0v) is 15.1. The van der Waals surface area contributed by atoms with E-state index >= 15 is 0 Å². The van der Waals surface area contributed by atoms with Crippen molar-refractivity contribution in [1.82, 2.24) is 15.0 Å². The Bertz CT molecular complexity index is 838. The average Bonchev–Trinajstić information content (AvgIpc) is 3.18. The van der Waals surface area contributed by atoms with Crippen LogP contribution in [0, 0.1) is 10.2 Å². The molecule has 2 aromatic heterocycles. The van der Waals surface area contributed by atoms with Crippen molar-refractivity contribution in [2.24, 2.45) is 0 Å². The lowest BCUT2D eigenvalue weighted by Crippen LogP contribution is -2.68. The van der Waals surface area contributed by atoms with Gasteiger partial charge in [-0.2, -0.15) is 4.98 Å². The molecule has 0 bridgehead atoms. The number of H-pyrrole nitrogens is 1. The van der Waals surface area contributed by atoms with Gasteiger partial charge in [0.2, 0.25) is 0 Å². The summed E-state index contributed by atoms with van der Waals surface area (Å²) >= 11 is 3.78. The minimum Gasteiger partial charge on any atom is -0.337 e. The summed E-state index contributed by atoms with van der Waals surface area (Å²) in [4.78, 5) is 13.1. The second-order valence-corrected chi connectivity index (χ2v) is 7.88. The van der Waals surface area contributed by atoms with Crippen LogP contribution in [-0.2, 0) is 0 Å². The zero-order valence-electron chi connectivity index (χ0n) is 12.7. The van der Waals surface area contributed by atoms with Crippen molar-refractivity contribution in [2.45, 2.75) is 16.0 Å². The molecule has 0 saturated carbocycles. The van der Waals surface area contributed by atoms with Crippen molar-refractivity contribution in [2.75, 3.05) is 11.5 Å². The van der Waals surface area contributed by atoms with Crippen LogP contribution in [0.5, 0.6) is 0 Å². The van der Waals surface area contributed by atoms with Crippen LogP contribution in [-0.4, -0.2) is 26.5 Å². The van der Waals surface area contributed by atoms with Crippen molar-refractivity contribution in [3.05, 3.63) is 43.0 Å². The van der Waals surface area contributed by atoms with Crippen LogP contribution in [0.2, 0.25) is 0 Å². The van der Waals surface area contributed by atoms with E-state index in [2.05, 4.69) is 49.9 Å². The van der Waals surface area contributed by atoms with E-state index in [-0.39, 0.29) is 0 Å². The van der Waals surface area contributed by atoms with E-state index in [0.717, 1.165) is 22.7 Å². The highest BCUT2D eigenvalue weighted by Gasteiger charge is 2.31. The second-order valence-electron chi connectivity index (χ2n) is 5.02. The van der Waals surface area contributed by atoms with Crippen molar-refractivity contribution < 1.29 is 33.4 Å². The molecule has 0 aliphatic carbocycles. The molecule has 0 fully saturated rings. The van der Waals surface area contributed by atoms with E-state index in [1.807, 2.05) is 29.9 Å². The number of imidazole rings is 1. The smallest absolute Gasteiger partial charge is 0.296 e. The minimum absolute atomic E-state index is 0.486. The first kappa shape index (κ1) is 18.4. The fourth-order valence-corrected chi connectivity index (χ4v) is 4.77. The molecule has 132 valence electrons. The Kier molecular flexibility index (Phi) is 5.79. The first-order valence-electron chi connectivity index (χ1n) is 7.07. The Labute approximate surface area is 153 Å². The molecule has 1 aliphatic heterocycles. The molecule has 0 saturated heterocycles. The van der Waals surface area contributed by atoms with Gasteiger partial charge in [0.1, 0.15) is 6.04 Å². The summed E-state index contributed by atoms with van der Waals surface area (Å²) < 4.78 is 36.3. The van der Waals surface area contributed by atoms with E-state index in [0.29, 0.717) is 6.04 Å². The first-order chi connectivity index (χ1) is 11.9. The SMILES string of the molecule is [O-][Cl+3]([O-])([O-])[O-].c1ccc(SCC2CSc3c4[nH]cnc4nc[n+]32)cc1. The topological polar surface area (TPSA) is 138 Å². The maximum absolute atomic E-state index is 8.49. The maximum atomic E-state index is 8.49. The minimum atomic E-state index is -4.94. The summed E-state index contributed by atoms with van der Waals surface area (Å²) in [6, 6.07) is 11.0. The van der Waals surface area contributed by atoms with Crippen molar-refractivity contribution in [1.29, 1.82) is 0 Å². The molecule has 3 heterocycles. The average molecular weight is 401 g/mol. The molecule has 1 unspecified atom stereocenters. The summed E-state index contributed by atoms with van der Waals surface area (Å²) in [7, 11) is -4.94. The van der Waals surface area contributed by atoms with Gasteiger partial charge in [0.25, 0.3) is 12.0 Å². The molecule has 1 N–H and O–H groups in total. The van der Waals surface area contributed by atoms with Gasteiger partial charge in [-0.1, -0.05) is 30.0 Å². The number of aromatic amines is 1. The predicted molar refractivity (Wildman–Crippen MR) is 81.0 cm³/mol. The number of hydrogen-bond acceptors (Lipinski definition) is 8. The normalized spacial score (nSPS) is 16.4. The molecule has 0 radical (unpaired) electrons. The quantitative estimate of drug-likeness (QED) is 0.300. The number of thioether (sulfide) groups is 2. The predicted octanol–water partition coefficient (Wildman–Crippen LogP) is -2.07. The third-order valence-corrected chi connectivity index (χ3v) is 5.76. The monoisotopic (exact) mass is 400 g/mol. The summed E-state index contributed by atoms with van der Waals surface area (Å²) in [6.45, 7) is 0. The van der Waals surface area contributed by atoms with Gasteiger partial charge in [-0.3, -0.25) is 0 Å². The fraction of sp³-hybridized carbons (Fsp3) is 0.214. The molecular formula is C14H13ClN4O4S2. The maximum Gasteiger partial charge on any atom is 0.296 e. The molecule has 3 aromatic rings. The van der Waals surface area contributed by atoms with Crippen LogP contribution in [0.25, 0.3) is 11.2 Å². The molecule has 4 rings (SSSR count). The van der Waals surface area contributed by atoms with Crippen molar-refractivity contribution in [3.8, 4) is 0 Å². The van der Waals surface area contributed by atoms with E-state index in [1.54, 1.807) is 6.33 Å². The van der Waals surface area contributed by atoms with Crippen LogP contribution in [0.4, 0.5) is 0 Å². The largest absolute Gasteiger partial charge is 0.337 e. The van der Waals surface area contributed by atoms with Crippen LogP contribution < -0.4 is 23.2 Å². The van der Waals surface area contributed by atoms with Gasteiger partial charge in [0.15, 0.2) is 10.5 Å². The second kappa shape index (κ2) is 7.87. The van der Waals surface area contributed by atoms with Gasteiger partial charge in [-0.25, -0.2) is 23.2 Å². The molecule has 1 atom stereocenters. The Morgan fingerprint density at radius 2 is 1.92 bits per heavy atom. The molecule has 0 spiro atoms. The Morgan fingerprint density at radius 1 is 1.20 bits per heavy atom. The number of halogens is 1. The summed E-state index contributed by atoms with van der Waals surface area (Å²) in [5.74, 6) is 2.16. The third-order valence-electron chi connectivity index (χ3n) is 3.36. The summed E-state index contributed by atoms with van der Waals surface area (Å²) in [5, 5.41) is 1.26. The lowest BCUT2D eigenvalue weighted by Gasteiger charge is -2.17. The number of fused-ring (bicyclic) bond motifs is 3. The van der Waals surface area contributed by atoms with E-state index in [1.165, 1.54) is 9.92 Å². The van der Waals surface area contributed by atoms with E-state index < -0.39 is 10.2 Å². The Balaban J connectivity index is 0.000000324. The van der Waals surface area contributed by atoms with Gasteiger partial charge in [-0.05, 0) is 17.1 Å². The third kappa shape index (κ3) is 5.05. The molecule has 0 amide bonds. The van der Waals surface area contributed by atoms with Crippen molar-refractivity contribution >= 4 is 34.7 Å². The molecule has 8 nitrogen and oxygen atoms in total. The molecular weight excluding hydrogens is 388 g/mol. The summed E-state index contributed by atoms with van der Waals surface area (Å²) in [5.41, 5.74) is 1.87. The van der Waals surface area contributed by atoms with Gasteiger partial charge >= 0.3 is 0 Å². The van der Waals surface area contributed by atoms with E-state index in [4.69, 9.17) is 18.6 Å². The number of nitrogens with one attached hydrogen (secondary N) is 1. The lowest BCUT2D eigenvalue weighted by molar-refractivity contribution is -2.00. The number of hydrogen-bond donors (Lipinski definition) is 1. The Morgan fingerprint density at radius 3 is 2.64 bits per heavy atom. The van der Waals surface area contributed by atoms with Gasteiger partial charge in [0.05, 0.1) is 6.33 Å². The highest BCUT2D eigenvalue weighted by molar-refractivity contribution is 8.00. The van der Waals surface area contributed by atoms with Crippen LogP contribution in [0.3, 0.4) is 0 Å². The van der Waals surface area contributed by atoms with Crippen LogP contribution in [0.15, 0.2) is 52.9 Å². The highest BCUT2D eigenvalue weighted by Crippen LogP contribution is 2.32. The zero-order chi connectivity index (χ0) is 17.9. The van der Waals surface area contributed by atoms with Crippen LogP contribution >= 0.6 is 23.5 Å².